The zero-order chi connectivity index (χ0) is 15.4. The number of halogens is 1. The Kier molecular flexibility index (Phi) is 5.33. The number of ether oxygens (including phenoxy) is 1. The Labute approximate surface area is 133 Å². The monoisotopic (exact) mass is 349 g/mol. The fourth-order valence-electron chi connectivity index (χ4n) is 2.37. The van der Waals surface area contributed by atoms with Gasteiger partial charge in [0.15, 0.2) is 0 Å². The smallest absolute Gasteiger partial charge is 0.137 e. The van der Waals surface area contributed by atoms with E-state index >= 15 is 0 Å². The molecule has 0 aliphatic carbocycles. The van der Waals surface area contributed by atoms with Crippen LogP contribution < -0.4 is 16.0 Å². The molecule has 1 aromatic heterocycles. The molecule has 0 bridgehead atoms. The maximum Gasteiger partial charge on any atom is 0.137 e. The van der Waals surface area contributed by atoms with Gasteiger partial charge in [0.25, 0.3) is 0 Å². The molecule has 1 heterocycles. The summed E-state index contributed by atoms with van der Waals surface area (Å²) < 4.78 is 6.63. The Hall–Kier alpha value is -1.43. The number of benzene rings is 1. The van der Waals surface area contributed by atoms with E-state index in [0.29, 0.717) is 6.61 Å². The van der Waals surface area contributed by atoms with Crippen molar-refractivity contribution in [2.24, 2.45) is 5.84 Å². The number of nitrogens with two attached hydrogens (primary N) is 1. The Balaban J connectivity index is 2.42. The number of hydrogen-bond acceptors (Lipinski definition) is 4. The molecule has 0 amide bonds. The van der Waals surface area contributed by atoms with Crippen molar-refractivity contribution in [1.29, 1.82) is 0 Å². The van der Waals surface area contributed by atoms with Crippen molar-refractivity contribution >= 4 is 15.9 Å². The summed E-state index contributed by atoms with van der Waals surface area (Å²) in [6, 6.07) is 6.08. The molecular weight excluding hydrogens is 330 g/mol. The molecule has 1 unspecified atom stereocenters. The van der Waals surface area contributed by atoms with Gasteiger partial charge in [0.1, 0.15) is 5.75 Å². The van der Waals surface area contributed by atoms with Crippen molar-refractivity contribution in [3.05, 3.63) is 57.3 Å². The highest BCUT2D eigenvalue weighted by Crippen LogP contribution is 2.29. The molecule has 0 spiro atoms. The zero-order valence-electron chi connectivity index (χ0n) is 12.5. The molecule has 0 radical (unpaired) electrons. The minimum absolute atomic E-state index is 0.122. The molecular formula is C16H20BrN3O. The second-order valence-electron chi connectivity index (χ2n) is 4.96. The molecule has 0 saturated heterocycles. The minimum Gasteiger partial charge on any atom is -0.492 e. The molecule has 2 rings (SSSR count). The van der Waals surface area contributed by atoms with Crippen molar-refractivity contribution in [2.45, 2.75) is 26.8 Å². The van der Waals surface area contributed by atoms with Crippen molar-refractivity contribution in [2.75, 3.05) is 6.61 Å². The van der Waals surface area contributed by atoms with E-state index in [4.69, 9.17) is 10.6 Å². The SMILES string of the molecule is CCOc1cncc(C(NN)c2cc(C)c(Br)c(C)c2)c1. The Morgan fingerprint density at radius 3 is 2.43 bits per heavy atom. The van der Waals surface area contributed by atoms with E-state index in [1.165, 1.54) is 11.1 Å². The highest BCUT2D eigenvalue weighted by atomic mass is 79.9. The van der Waals surface area contributed by atoms with Gasteiger partial charge in [-0.2, -0.15) is 0 Å². The molecule has 112 valence electrons. The second kappa shape index (κ2) is 7.02. The van der Waals surface area contributed by atoms with Crippen LogP contribution in [0.4, 0.5) is 0 Å². The molecule has 0 aliphatic heterocycles. The molecule has 21 heavy (non-hydrogen) atoms. The molecule has 5 heteroatoms. The number of aromatic nitrogens is 1. The molecule has 2 aromatic rings. The third-order valence-corrected chi connectivity index (χ3v) is 4.59. The lowest BCUT2D eigenvalue weighted by molar-refractivity contribution is 0.338. The fourth-order valence-corrected chi connectivity index (χ4v) is 2.60. The lowest BCUT2D eigenvalue weighted by Gasteiger charge is -2.19. The maximum absolute atomic E-state index is 5.77. The largest absolute Gasteiger partial charge is 0.492 e. The second-order valence-corrected chi connectivity index (χ2v) is 5.75. The van der Waals surface area contributed by atoms with Gasteiger partial charge in [-0.25, -0.2) is 5.43 Å². The quantitative estimate of drug-likeness (QED) is 0.641. The minimum atomic E-state index is -0.122. The predicted octanol–water partition coefficient (Wildman–Crippen LogP) is 3.41. The van der Waals surface area contributed by atoms with Crippen LogP contribution in [0.1, 0.15) is 35.2 Å². The first-order chi connectivity index (χ1) is 10.1. The van der Waals surface area contributed by atoms with Gasteiger partial charge in [-0.15, -0.1) is 0 Å². The van der Waals surface area contributed by atoms with E-state index in [0.717, 1.165) is 21.3 Å². The first-order valence-electron chi connectivity index (χ1n) is 6.87. The average Bonchev–Trinajstić information content (AvgIpc) is 2.46. The molecule has 3 N–H and O–H groups in total. The molecule has 1 atom stereocenters. The van der Waals surface area contributed by atoms with Crippen molar-refractivity contribution < 1.29 is 4.74 Å². The third-order valence-electron chi connectivity index (χ3n) is 3.34. The van der Waals surface area contributed by atoms with E-state index < -0.39 is 0 Å². The number of aryl methyl sites for hydroxylation is 2. The fraction of sp³-hybridized carbons (Fsp3) is 0.312. The van der Waals surface area contributed by atoms with Crippen molar-refractivity contribution in [1.82, 2.24) is 10.4 Å². The van der Waals surface area contributed by atoms with Crippen molar-refractivity contribution in [3.8, 4) is 5.75 Å². The summed E-state index contributed by atoms with van der Waals surface area (Å²) in [5.74, 6) is 6.52. The number of hydrazine groups is 1. The molecule has 0 saturated carbocycles. The highest BCUT2D eigenvalue weighted by Gasteiger charge is 2.15. The highest BCUT2D eigenvalue weighted by molar-refractivity contribution is 9.10. The Morgan fingerprint density at radius 1 is 1.19 bits per heavy atom. The van der Waals surface area contributed by atoms with Crippen LogP contribution in [0.25, 0.3) is 0 Å². The first kappa shape index (κ1) is 15.9. The summed E-state index contributed by atoms with van der Waals surface area (Å²) in [5, 5.41) is 0. The number of nitrogens with one attached hydrogen (secondary N) is 1. The average molecular weight is 350 g/mol. The van der Waals surface area contributed by atoms with E-state index in [9.17, 15) is 0 Å². The number of pyridine rings is 1. The topological polar surface area (TPSA) is 60.2 Å². The van der Waals surface area contributed by atoms with E-state index in [1.54, 1.807) is 12.4 Å². The lowest BCUT2D eigenvalue weighted by atomic mass is 9.97. The summed E-state index contributed by atoms with van der Waals surface area (Å²) >= 11 is 3.59. The molecule has 0 aliphatic rings. The van der Waals surface area contributed by atoms with Crippen LogP contribution in [-0.2, 0) is 0 Å². The van der Waals surface area contributed by atoms with Gasteiger partial charge in [0.05, 0.1) is 18.8 Å². The molecule has 4 nitrogen and oxygen atoms in total. The summed E-state index contributed by atoms with van der Waals surface area (Å²) in [5.41, 5.74) is 7.31. The predicted molar refractivity (Wildman–Crippen MR) is 88.2 cm³/mol. The Morgan fingerprint density at radius 2 is 1.86 bits per heavy atom. The van der Waals surface area contributed by atoms with Gasteiger partial charge in [-0.05, 0) is 49.1 Å². The molecule has 1 aromatic carbocycles. The lowest BCUT2D eigenvalue weighted by Crippen LogP contribution is -2.29. The summed E-state index contributed by atoms with van der Waals surface area (Å²) in [6.45, 7) is 6.71. The van der Waals surface area contributed by atoms with Crippen molar-refractivity contribution in [3.63, 3.8) is 0 Å². The Bertz CT molecular complexity index is 608. The van der Waals surface area contributed by atoms with Crippen LogP contribution in [0.2, 0.25) is 0 Å². The van der Waals surface area contributed by atoms with Crippen LogP contribution >= 0.6 is 15.9 Å². The van der Waals surface area contributed by atoms with Gasteiger partial charge in [0.2, 0.25) is 0 Å². The summed E-state index contributed by atoms with van der Waals surface area (Å²) in [4.78, 5) is 4.23. The van der Waals surface area contributed by atoms with Crippen LogP contribution in [0.3, 0.4) is 0 Å². The van der Waals surface area contributed by atoms with E-state index in [2.05, 4.69) is 52.3 Å². The standard InChI is InChI=1S/C16H20BrN3O/c1-4-21-14-7-13(8-19-9-14)16(20-18)12-5-10(2)15(17)11(3)6-12/h5-9,16,20H,4,18H2,1-3H3. The number of rotatable bonds is 5. The third kappa shape index (κ3) is 3.61. The van der Waals surface area contributed by atoms with Crippen LogP contribution in [-0.4, -0.2) is 11.6 Å². The van der Waals surface area contributed by atoms with Crippen LogP contribution in [0.5, 0.6) is 5.75 Å². The van der Waals surface area contributed by atoms with Crippen LogP contribution in [0, 0.1) is 13.8 Å². The van der Waals surface area contributed by atoms with E-state index in [1.807, 2.05) is 13.0 Å². The number of nitrogens with zero attached hydrogens (tertiary/aromatic N) is 1. The summed E-state index contributed by atoms with van der Waals surface area (Å²) in [6.07, 6.45) is 3.51. The zero-order valence-corrected chi connectivity index (χ0v) is 14.1. The van der Waals surface area contributed by atoms with E-state index in [-0.39, 0.29) is 6.04 Å². The summed E-state index contributed by atoms with van der Waals surface area (Å²) in [7, 11) is 0. The first-order valence-corrected chi connectivity index (χ1v) is 7.66. The van der Waals surface area contributed by atoms with Crippen LogP contribution in [0.15, 0.2) is 35.1 Å². The van der Waals surface area contributed by atoms with Gasteiger partial charge < -0.3 is 4.74 Å². The molecule has 0 fully saturated rings. The number of hydrogen-bond donors (Lipinski definition) is 2. The maximum atomic E-state index is 5.77. The van der Waals surface area contributed by atoms with Gasteiger partial charge in [-0.1, -0.05) is 28.1 Å². The van der Waals surface area contributed by atoms with Gasteiger partial charge in [-0.3, -0.25) is 10.8 Å². The van der Waals surface area contributed by atoms with Gasteiger partial charge in [0, 0.05) is 10.7 Å². The normalized spacial score (nSPS) is 12.2. The van der Waals surface area contributed by atoms with Gasteiger partial charge >= 0.3 is 0 Å².